The van der Waals surface area contributed by atoms with Gasteiger partial charge in [-0.05, 0) is 56.7 Å². The van der Waals surface area contributed by atoms with Crippen LogP contribution in [0.5, 0.6) is 0 Å². The van der Waals surface area contributed by atoms with E-state index in [0.29, 0.717) is 5.69 Å². The molecule has 2 saturated carbocycles. The van der Waals surface area contributed by atoms with E-state index in [4.69, 9.17) is 0 Å². The highest BCUT2D eigenvalue weighted by Crippen LogP contribution is 2.34. The molecular formula is C22H29F4N3O. The van der Waals surface area contributed by atoms with E-state index in [-0.39, 0.29) is 17.9 Å². The third-order valence-electron chi connectivity index (χ3n) is 6.94. The molecule has 1 aromatic carbocycles. The summed E-state index contributed by atoms with van der Waals surface area (Å²) in [4.78, 5) is 17.4. The Bertz CT molecular complexity index is 749. The van der Waals surface area contributed by atoms with Crippen molar-refractivity contribution in [3.05, 3.63) is 29.6 Å². The highest BCUT2D eigenvalue weighted by molar-refractivity contribution is 5.79. The van der Waals surface area contributed by atoms with Gasteiger partial charge >= 0.3 is 6.18 Å². The average molecular weight is 427 g/mol. The van der Waals surface area contributed by atoms with Gasteiger partial charge in [0.05, 0.1) is 5.56 Å². The normalized spacial score (nSPS) is 26.3. The number of carbonyl (C=O) groups is 1. The van der Waals surface area contributed by atoms with Gasteiger partial charge in [0.1, 0.15) is 5.82 Å². The fourth-order valence-corrected chi connectivity index (χ4v) is 4.87. The van der Waals surface area contributed by atoms with E-state index in [0.717, 1.165) is 70.0 Å². The lowest BCUT2D eigenvalue weighted by Gasteiger charge is -2.44. The van der Waals surface area contributed by atoms with Crippen LogP contribution in [0.1, 0.15) is 50.5 Å². The summed E-state index contributed by atoms with van der Waals surface area (Å²) in [5.41, 5.74) is -0.901. The molecule has 1 saturated heterocycles. The largest absolute Gasteiger partial charge is 0.419 e. The van der Waals surface area contributed by atoms with Crippen molar-refractivity contribution < 1.29 is 22.4 Å². The van der Waals surface area contributed by atoms with Crippen LogP contribution in [0, 0.1) is 11.7 Å². The summed E-state index contributed by atoms with van der Waals surface area (Å²) in [6, 6.07) is 3.71. The number of benzene rings is 1. The van der Waals surface area contributed by atoms with Gasteiger partial charge in [-0.2, -0.15) is 13.2 Å². The van der Waals surface area contributed by atoms with Gasteiger partial charge in [0.15, 0.2) is 0 Å². The van der Waals surface area contributed by atoms with Crippen LogP contribution in [0.2, 0.25) is 0 Å². The third kappa shape index (κ3) is 4.74. The zero-order valence-electron chi connectivity index (χ0n) is 17.1. The zero-order valence-corrected chi connectivity index (χ0v) is 17.1. The second-order valence-corrected chi connectivity index (χ2v) is 8.83. The maximum absolute atomic E-state index is 13.8. The Labute approximate surface area is 174 Å². The molecule has 4 nitrogen and oxygen atoms in total. The van der Waals surface area contributed by atoms with E-state index in [9.17, 15) is 22.4 Å². The SMILES string of the molecule is O=C([C@H]1CC[C@H](Nc2ccc(C(F)(F)F)c(F)c2)CC1)N1CCN(C2CCC2)CC1. The number of carbonyl (C=O) groups excluding carboxylic acids is 1. The van der Waals surface area contributed by atoms with Gasteiger partial charge in [-0.3, -0.25) is 9.69 Å². The Morgan fingerprint density at radius 3 is 2.17 bits per heavy atom. The molecule has 3 aliphatic rings. The Kier molecular flexibility index (Phi) is 6.23. The van der Waals surface area contributed by atoms with Crippen LogP contribution >= 0.6 is 0 Å². The van der Waals surface area contributed by atoms with Crippen molar-refractivity contribution in [3.8, 4) is 0 Å². The number of nitrogens with zero attached hydrogens (tertiary/aromatic N) is 2. The summed E-state index contributed by atoms with van der Waals surface area (Å²) < 4.78 is 51.8. The summed E-state index contributed by atoms with van der Waals surface area (Å²) in [6.45, 7) is 3.54. The van der Waals surface area contributed by atoms with Crippen LogP contribution in [-0.4, -0.2) is 54.0 Å². The number of hydrogen-bond acceptors (Lipinski definition) is 3. The van der Waals surface area contributed by atoms with Gasteiger partial charge in [-0.25, -0.2) is 4.39 Å². The van der Waals surface area contributed by atoms with E-state index in [1.807, 2.05) is 4.90 Å². The number of anilines is 1. The number of rotatable bonds is 4. The first-order chi connectivity index (χ1) is 14.3. The van der Waals surface area contributed by atoms with Crippen molar-refractivity contribution >= 4 is 11.6 Å². The maximum atomic E-state index is 13.8. The molecule has 1 aromatic rings. The molecule has 30 heavy (non-hydrogen) atoms. The van der Waals surface area contributed by atoms with E-state index >= 15 is 0 Å². The predicted molar refractivity (Wildman–Crippen MR) is 107 cm³/mol. The molecule has 3 fully saturated rings. The van der Waals surface area contributed by atoms with Crippen LogP contribution in [0.3, 0.4) is 0 Å². The molecule has 1 aliphatic heterocycles. The Balaban J connectivity index is 1.24. The lowest BCUT2D eigenvalue weighted by Crippen LogP contribution is -2.54. The van der Waals surface area contributed by atoms with E-state index in [2.05, 4.69) is 10.2 Å². The number of piperazine rings is 1. The number of hydrogen-bond donors (Lipinski definition) is 1. The average Bonchev–Trinajstić information content (AvgIpc) is 2.66. The van der Waals surface area contributed by atoms with Gasteiger partial charge in [0, 0.05) is 49.9 Å². The molecular weight excluding hydrogens is 398 g/mol. The fourth-order valence-electron chi connectivity index (χ4n) is 4.87. The smallest absolute Gasteiger partial charge is 0.382 e. The summed E-state index contributed by atoms with van der Waals surface area (Å²) in [5.74, 6) is -1.01. The number of amides is 1. The maximum Gasteiger partial charge on any atom is 0.419 e. The van der Waals surface area contributed by atoms with Gasteiger partial charge in [0.2, 0.25) is 5.91 Å². The first kappa shape index (κ1) is 21.4. The monoisotopic (exact) mass is 427 g/mol. The minimum Gasteiger partial charge on any atom is -0.382 e. The molecule has 166 valence electrons. The highest BCUT2D eigenvalue weighted by atomic mass is 19.4. The molecule has 1 N–H and O–H groups in total. The molecule has 0 radical (unpaired) electrons. The second-order valence-electron chi connectivity index (χ2n) is 8.83. The fraction of sp³-hybridized carbons (Fsp3) is 0.682. The zero-order chi connectivity index (χ0) is 21.3. The number of nitrogens with one attached hydrogen (secondary N) is 1. The molecule has 1 heterocycles. The molecule has 4 rings (SSSR count). The van der Waals surface area contributed by atoms with E-state index < -0.39 is 17.6 Å². The van der Waals surface area contributed by atoms with Crippen LogP contribution in [0.4, 0.5) is 23.2 Å². The molecule has 2 aliphatic carbocycles. The Hall–Kier alpha value is -1.83. The van der Waals surface area contributed by atoms with Crippen molar-refractivity contribution in [2.24, 2.45) is 5.92 Å². The summed E-state index contributed by atoms with van der Waals surface area (Å²) in [5, 5.41) is 3.13. The van der Waals surface area contributed by atoms with Crippen LogP contribution in [0.25, 0.3) is 0 Å². The number of alkyl halides is 3. The lowest BCUT2D eigenvalue weighted by atomic mass is 9.84. The van der Waals surface area contributed by atoms with Gasteiger partial charge < -0.3 is 10.2 Å². The van der Waals surface area contributed by atoms with E-state index in [1.54, 1.807) is 0 Å². The molecule has 0 spiro atoms. The minimum absolute atomic E-state index is 0.0163. The van der Waals surface area contributed by atoms with Gasteiger partial charge in [-0.1, -0.05) is 6.42 Å². The van der Waals surface area contributed by atoms with Crippen molar-refractivity contribution in [1.29, 1.82) is 0 Å². The highest BCUT2D eigenvalue weighted by Gasteiger charge is 2.35. The third-order valence-corrected chi connectivity index (χ3v) is 6.94. The van der Waals surface area contributed by atoms with Crippen molar-refractivity contribution in [3.63, 3.8) is 0 Å². The molecule has 0 aromatic heterocycles. The topological polar surface area (TPSA) is 35.6 Å². The van der Waals surface area contributed by atoms with Crippen molar-refractivity contribution in [2.45, 2.75) is 63.2 Å². The van der Waals surface area contributed by atoms with Crippen LogP contribution in [-0.2, 0) is 11.0 Å². The quantitative estimate of drug-likeness (QED) is 0.718. The predicted octanol–water partition coefficient (Wildman–Crippen LogP) is 4.51. The Morgan fingerprint density at radius 2 is 1.63 bits per heavy atom. The first-order valence-electron chi connectivity index (χ1n) is 11.0. The minimum atomic E-state index is -4.69. The first-order valence-corrected chi connectivity index (χ1v) is 11.0. The Morgan fingerprint density at radius 1 is 0.967 bits per heavy atom. The molecule has 8 heteroatoms. The molecule has 0 bridgehead atoms. The lowest BCUT2D eigenvalue weighted by molar-refractivity contribution is -0.140. The van der Waals surface area contributed by atoms with Crippen molar-refractivity contribution in [2.75, 3.05) is 31.5 Å². The molecule has 0 atom stereocenters. The van der Waals surface area contributed by atoms with Gasteiger partial charge in [0.25, 0.3) is 0 Å². The van der Waals surface area contributed by atoms with Crippen LogP contribution < -0.4 is 5.32 Å². The molecule has 1 amide bonds. The van der Waals surface area contributed by atoms with Gasteiger partial charge in [-0.15, -0.1) is 0 Å². The summed E-state index contributed by atoms with van der Waals surface area (Å²) >= 11 is 0. The van der Waals surface area contributed by atoms with Crippen molar-refractivity contribution in [1.82, 2.24) is 9.80 Å². The summed E-state index contributed by atoms with van der Waals surface area (Å²) in [6.07, 6.45) is 2.21. The second kappa shape index (κ2) is 8.73. The summed E-state index contributed by atoms with van der Waals surface area (Å²) in [7, 11) is 0. The van der Waals surface area contributed by atoms with Crippen LogP contribution in [0.15, 0.2) is 18.2 Å². The molecule has 0 unspecified atom stereocenters. The van der Waals surface area contributed by atoms with E-state index in [1.165, 1.54) is 25.3 Å². The standard InChI is InChI=1S/C22H29F4N3O/c23-20-14-17(8-9-19(20)22(24,25)26)27-16-6-4-15(5-7-16)21(30)29-12-10-28(11-13-29)18-2-1-3-18/h8-9,14-16,18,27H,1-7,10-13H2/t15-,16-. The number of halogens is 4.